The Hall–Kier alpha value is -0.240. The molecule has 0 saturated carbocycles. The lowest BCUT2D eigenvalue weighted by Gasteiger charge is -2.19. The molecule has 1 aliphatic heterocycles. The molecule has 3 heteroatoms. The fourth-order valence-electron chi connectivity index (χ4n) is 0.879. The van der Waals surface area contributed by atoms with Crippen LogP contribution in [0.2, 0.25) is 0 Å². The second kappa shape index (κ2) is 3.72. The van der Waals surface area contributed by atoms with Gasteiger partial charge >= 0.3 is 0 Å². The zero-order chi connectivity index (χ0) is 5.98. The highest BCUT2D eigenvalue weighted by molar-refractivity contribution is 5.85. The third-order valence-corrected chi connectivity index (χ3v) is 1.55. The van der Waals surface area contributed by atoms with Gasteiger partial charge in [0.05, 0.1) is 5.84 Å². The van der Waals surface area contributed by atoms with Crippen LogP contribution in [0.25, 0.3) is 0 Å². The minimum absolute atomic E-state index is 0. The van der Waals surface area contributed by atoms with Gasteiger partial charge in [-0.2, -0.15) is 0 Å². The van der Waals surface area contributed by atoms with Gasteiger partial charge in [-0.3, -0.25) is 5.41 Å². The molecular formula is C6H13ClN2. The van der Waals surface area contributed by atoms with E-state index in [1.54, 1.807) is 0 Å². The van der Waals surface area contributed by atoms with Crippen LogP contribution >= 0.6 is 12.4 Å². The van der Waals surface area contributed by atoms with Crippen molar-refractivity contribution in [1.29, 1.82) is 5.41 Å². The van der Waals surface area contributed by atoms with Crippen molar-refractivity contribution in [1.82, 2.24) is 5.32 Å². The molecule has 1 fully saturated rings. The summed E-state index contributed by atoms with van der Waals surface area (Å²) in [4.78, 5) is 0. The van der Waals surface area contributed by atoms with Crippen LogP contribution in [0.15, 0.2) is 0 Å². The van der Waals surface area contributed by atoms with Crippen molar-refractivity contribution in [2.24, 2.45) is 5.92 Å². The van der Waals surface area contributed by atoms with E-state index in [9.17, 15) is 0 Å². The maximum atomic E-state index is 7.17. The van der Waals surface area contributed by atoms with E-state index in [1.807, 2.05) is 0 Å². The largest absolute Gasteiger partial charge is 0.374 e. The van der Waals surface area contributed by atoms with Crippen molar-refractivity contribution in [2.45, 2.75) is 19.8 Å². The number of piperidine rings is 1. The van der Waals surface area contributed by atoms with Gasteiger partial charge in [0.2, 0.25) is 0 Å². The minimum Gasteiger partial charge on any atom is -0.374 e. The van der Waals surface area contributed by atoms with Crippen LogP contribution in [0.1, 0.15) is 19.8 Å². The zero-order valence-electron chi connectivity index (χ0n) is 5.61. The van der Waals surface area contributed by atoms with Crippen molar-refractivity contribution < 1.29 is 0 Å². The van der Waals surface area contributed by atoms with E-state index >= 15 is 0 Å². The maximum absolute atomic E-state index is 7.17. The van der Waals surface area contributed by atoms with Crippen LogP contribution in [-0.4, -0.2) is 12.4 Å². The van der Waals surface area contributed by atoms with Crippen LogP contribution in [-0.2, 0) is 0 Å². The molecule has 1 aliphatic rings. The van der Waals surface area contributed by atoms with Crippen LogP contribution in [0.4, 0.5) is 0 Å². The molecule has 1 rings (SSSR count). The van der Waals surface area contributed by atoms with Crippen molar-refractivity contribution in [3.8, 4) is 0 Å². The monoisotopic (exact) mass is 148 g/mol. The Morgan fingerprint density at radius 2 is 2.33 bits per heavy atom. The van der Waals surface area contributed by atoms with Crippen LogP contribution < -0.4 is 5.32 Å². The normalized spacial score (nSPS) is 26.3. The van der Waals surface area contributed by atoms with Gasteiger partial charge in [-0.05, 0) is 12.3 Å². The van der Waals surface area contributed by atoms with Crippen LogP contribution in [0.3, 0.4) is 0 Å². The van der Waals surface area contributed by atoms with Crippen LogP contribution in [0, 0.1) is 11.3 Å². The SMILES string of the molecule is CC1CCC(=N)NC1.Cl. The summed E-state index contributed by atoms with van der Waals surface area (Å²) in [5.74, 6) is 1.48. The first kappa shape index (κ1) is 8.76. The van der Waals surface area contributed by atoms with Gasteiger partial charge in [-0.1, -0.05) is 6.92 Å². The summed E-state index contributed by atoms with van der Waals surface area (Å²) >= 11 is 0. The molecule has 1 unspecified atom stereocenters. The molecule has 1 saturated heterocycles. The Kier molecular flexibility index (Phi) is 3.62. The molecule has 2 N–H and O–H groups in total. The quantitative estimate of drug-likeness (QED) is 0.536. The molecule has 9 heavy (non-hydrogen) atoms. The highest BCUT2D eigenvalue weighted by atomic mass is 35.5. The number of rotatable bonds is 0. The summed E-state index contributed by atoms with van der Waals surface area (Å²) in [6.45, 7) is 3.21. The molecule has 0 spiro atoms. The van der Waals surface area contributed by atoms with E-state index in [1.165, 1.54) is 6.42 Å². The topological polar surface area (TPSA) is 35.9 Å². The summed E-state index contributed by atoms with van der Waals surface area (Å²) in [6, 6.07) is 0. The van der Waals surface area contributed by atoms with E-state index in [-0.39, 0.29) is 12.4 Å². The fourth-order valence-corrected chi connectivity index (χ4v) is 0.879. The molecule has 0 radical (unpaired) electrons. The number of halogens is 1. The van der Waals surface area contributed by atoms with Crippen molar-refractivity contribution in [2.75, 3.05) is 6.54 Å². The molecule has 0 aromatic heterocycles. The van der Waals surface area contributed by atoms with E-state index in [0.717, 1.165) is 18.9 Å². The number of hydrogen-bond acceptors (Lipinski definition) is 1. The smallest absolute Gasteiger partial charge is 0.0931 e. The lowest BCUT2D eigenvalue weighted by Crippen LogP contribution is -2.32. The minimum atomic E-state index is 0. The molecule has 1 atom stereocenters. The van der Waals surface area contributed by atoms with Gasteiger partial charge in [0.25, 0.3) is 0 Å². The molecule has 2 nitrogen and oxygen atoms in total. The molecule has 0 aromatic carbocycles. The average molecular weight is 149 g/mol. The number of hydrogen-bond donors (Lipinski definition) is 2. The second-order valence-electron chi connectivity index (χ2n) is 2.50. The molecule has 0 aromatic rings. The third-order valence-electron chi connectivity index (χ3n) is 1.55. The number of amidine groups is 1. The van der Waals surface area contributed by atoms with Crippen molar-refractivity contribution in [3.05, 3.63) is 0 Å². The maximum Gasteiger partial charge on any atom is 0.0931 e. The fraction of sp³-hybridized carbons (Fsp3) is 0.833. The van der Waals surface area contributed by atoms with E-state index < -0.39 is 0 Å². The number of nitrogens with one attached hydrogen (secondary N) is 2. The van der Waals surface area contributed by atoms with Gasteiger partial charge in [0.1, 0.15) is 0 Å². The van der Waals surface area contributed by atoms with Crippen molar-refractivity contribution in [3.63, 3.8) is 0 Å². The first-order valence-corrected chi connectivity index (χ1v) is 3.10. The van der Waals surface area contributed by atoms with Gasteiger partial charge in [0, 0.05) is 13.0 Å². The Bertz CT molecular complexity index is 93.2. The summed E-state index contributed by atoms with van der Waals surface area (Å²) < 4.78 is 0. The second-order valence-corrected chi connectivity index (χ2v) is 2.50. The summed E-state index contributed by atoms with van der Waals surface area (Å²) in [5, 5.41) is 10.2. The molecule has 0 amide bonds. The predicted molar refractivity (Wildman–Crippen MR) is 41.4 cm³/mol. The first-order valence-electron chi connectivity index (χ1n) is 3.10. The summed E-state index contributed by atoms with van der Waals surface area (Å²) in [7, 11) is 0. The highest BCUT2D eigenvalue weighted by Gasteiger charge is 2.09. The van der Waals surface area contributed by atoms with E-state index in [0.29, 0.717) is 5.84 Å². The molecular weight excluding hydrogens is 136 g/mol. The lowest BCUT2D eigenvalue weighted by molar-refractivity contribution is 0.495. The van der Waals surface area contributed by atoms with Gasteiger partial charge in [-0.15, -0.1) is 12.4 Å². The van der Waals surface area contributed by atoms with Crippen LogP contribution in [0.5, 0.6) is 0 Å². The standard InChI is InChI=1S/C6H12N2.ClH/c1-5-2-3-6(7)8-4-5;/h5H,2-4H2,1H3,(H2,7,8);1H. The lowest BCUT2D eigenvalue weighted by atomic mass is 10.0. The van der Waals surface area contributed by atoms with Gasteiger partial charge < -0.3 is 5.32 Å². The van der Waals surface area contributed by atoms with Gasteiger partial charge in [0.15, 0.2) is 0 Å². The summed E-state index contributed by atoms with van der Waals surface area (Å²) in [5.41, 5.74) is 0. The van der Waals surface area contributed by atoms with E-state index in [4.69, 9.17) is 5.41 Å². The van der Waals surface area contributed by atoms with E-state index in [2.05, 4.69) is 12.2 Å². The Balaban J connectivity index is 0.000000640. The Morgan fingerprint density at radius 3 is 2.67 bits per heavy atom. The molecule has 1 heterocycles. The zero-order valence-corrected chi connectivity index (χ0v) is 6.42. The van der Waals surface area contributed by atoms with Gasteiger partial charge in [-0.25, -0.2) is 0 Å². The Morgan fingerprint density at radius 1 is 1.67 bits per heavy atom. The average Bonchev–Trinajstić information content (AvgIpc) is 1.77. The Labute approximate surface area is 61.9 Å². The highest BCUT2D eigenvalue weighted by Crippen LogP contribution is 2.08. The molecule has 0 bridgehead atoms. The summed E-state index contributed by atoms with van der Waals surface area (Å²) in [6.07, 6.45) is 2.13. The molecule has 54 valence electrons. The third kappa shape index (κ3) is 2.70. The van der Waals surface area contributed by atoms with Crippen molar-refractivity contribution >= 4 is 18.2 Å². The first-order chi connectivity index (χ1) is 3.79. The molecule has 0 aliphatic carbocycles. The predicted octanol–water partition coefficient (Wildman–Crippen LogP) is 1.40.